The highest BCUT2D eigenvalue weighted by Crippen LogP contribution is 2.11. The molecule has 0 fully saturated rings. The van der Waals surface area contributed by atoms with E-state index < -0.39 is 0 Å². The third kappa shape index (κ3) is 13.9. The van der Waals surface area contributed by atoms with Crippen molar-refractivity contribution in [2.24, 2.45) is 0 Å². The lowest BCUT2D eigenvalue weighted by atomic mass is 10.1. The second-order valence-corrected chi connectivity index (χ2v) is 9.90. The maximum Gasteiger partial charge on any atom is 0.230 e. The Balaban J connectivity index is 3.34. The summed E-state index contributed by atoms with van der Waals surface area (Å²) in [6.07, 6.45) is 8.31. The maximum absolute atomic E-state index is 5.77. The van der Waals surface area contributed by atoms with E-state index in [9.17, 15) is 0 Å². The van der Waals surface area contributed by atoms with E-state index in [0.717, 1.165) is 9.52 Å². The minimum Gasteiger partial charge on any atom is -0.413 e. The third-order valence-electron chi connectivity index (χ3n) is 3.39. The first kappa shape index (κ1) is 22.3. The van der Waals surface area contributed by atoms with Gasteiger partial charge in [-0.3, -0.25) is 9.80 Å². The fraction of sp³-hybridized carbons (Fsp3) is 1.00. The van der Waals surface area contributed by atoms with E-state index in [1.54, 1.807) is 0 Å². The second kappa shape index (κ2) is 12.7. The molecule has 0 unspecified atom stereocenters. The number of rotatable bonds is 13. The Morgan fingerprint density at radius 3 is 1.68 bits per heavy atom. The molecule has 130 valence electrons. The van der Waals surface area contributed by atoms with Gasteiger partial charge in [-0.1, -0.05) is 44.6 Å². The summed E-state index contributed by atoms with van der Waals surface area (Å²) in [5.74, 6) is 0.615. The molecule has 0 aliphatic rings. The molecule has 0 amide bonds. The van der Waals surface area contributed by atoms with E-state index in [4.69, 9.17) is 4.43 Å². The molecule has 0 saturated heterocycles. The van der Waals surface area contributed by atoms with E-state index in [1.807, 2.05) is 0 Å². The van der Waals surface area contributed by atoms with Crippen molar-refractivity contribution in [1.82, 2.24) is 9.80 Å². The topological polar surface area (TPSA) is 15.7 Å². The molecule has 0 bridgehead atoms. The molecule has 4 radical (unpaired) electrons. The van der Waals surface area contributed by atoms with Crippen molar-refractivity contribution in [2.75, 3.05) is 28.2 Å². The molecule has 0 aliphatic heterocycles. The largest absolute Gasteiger partial charge is 0.413 e. The third-order valence-corrected chi connectivity index (χ3v) is 6.74. The molecule has 0 aromatic carbocycles. The molecule has 0 aromatic rings. The molecule has 3 nitrogen and oxygen atoms in total. The minimum atomic E-state index is 0.0379. The molecule has 0 aliphatic carbocycles. The zero-order chi connectivity index (χ0) is 17.0. The van der Waals surface area contributed by atoms with Crippen LogP contribution in [0.25, 0.3) is 0 Å². The molecule has 22 heavy (non-hydrogen) atoms. The first-order chi connectivity index (χ1) is 10.2. The minimum absolute atomic E-state index is 0.0379. The summed E-state index contributed by atoms with van der Waals surface area (Å²) in [6.45, 7) is 6.41. The second-order valence-electron chi connectivity index (χ2n) is 7.49. The summed E-state index contributed by atoms with van der Waals surface area (Å²) < 4.78 is 5.77. The van der Waals surface area contributed by atoms with Gasteiger partial charge >= 0.3 is 0 Å². The Kier molecular flexibility index (Phi) is 12.9. The number of hydrogen-bond donors (Lipinski definition) is 0. The molecule has 0 N–H and O–H groups in total. The lowest BCUT2D eigenvalue weighted by Gasteiger charge is -2.30. The van der Waals surface area contributed by atoms with Gasteiger partial charge in [-0.15, -0.1) is 0 Å². The number of unbranched alkanes of at least 4 members (excludes halogenated alkanes) is 5. The van der Waals surface area contributed by atoms with Gasteiger partial charge in [0, 0.05) is 11.4 Å². The van der Waals surface area contributed by atoms with Gasteiger partial charge in [-0.2, -0.15) is 0 Å². The summed E-state index contributed by atoms with van der Waals surface area (Å²) in [5, 5.41) is 0. The van der Waals surface area contributed by atoms with Crippen molar-refractivity contribution in [2.45, 2.75) is 82.8 Å². The van der Waals surface area contributed by atoms with Crippen LogP contribution in [0.1, 0.15) is 59.3 Å². The molecule has 0 heterocycles. The quantitative estimate of drug-likeness (QED) is 0.288. The molecule has 0 atom stereocenters. The average molecular weight is 343 g/mol. The zero-order valence-corrected chi connectivity index (χ0v) is 18.0. The van der Waals surface area contributed by atoms with Crippen molar-refractivity contribution in [3.05, 3.63) is 0 Å². The monoisotopic (exact) mass is 342 g/mol. The average Bonchev–Trinajstić information content (AvgIpc) is 2.37. The van der Waals surface area contributed by atoms with Gasteiger partial charge in [-0.05, 0) is 55.0 Å². The van der Waals surface area contributed by atoms with Crippen molar-refractivity contribution in [1.29, 1.82) is 0 Å². The lowest BCUT2D eigenvalue weighted by Crippen LogP contribution is -2.44. The summed E-state index contributed by atoms with van der Waals surface area (Å²) in [4.78, 5) is 4.66. The van der Waals surface area contributed by atoms with Crippen LogP contribution in [0.15, 0.2) is 0 Å². The van der Waals surface area contributed by atoms with Gasteiger partial charge in [0.2, 0.25) is 9.76 Å². The van der Waals surface area contributed by atoms with Gasteiger partial charge < -0.3 is 4.43 Å². The van der Waals surface area contributed by atoms with Crippen LogP contribution < -0.4 is 0 Å². The van der Waals surface area contributed by atoms with Crippen LogP contribution in [0.2, 0.25) is 12.1 Å². The molecule has 5 heteroatoms. The first-order valence-corrected chi connectivity index (χ1v) is 11.1. The van der Waals surface area contributed by atoms with E-state index in [-0.39, 0.29) is 5.60 Å². The smallest absolute Gasteiger partial charge is 0.230 e. The molecule has 0 aromatic heterocycles. The first-order valence-electron chi connectivity index (χ1n) is 8.71. The van der Waals surface area contributed by atoms with Gasteiger partial charge in [0.15, 0.2) is 0 Å². The van der Waals surface area contributed by atoms with Crippen LogP contribution >= 0.6 is 0 Å². The summed E-state index contributed by atoms with van der Waals surface area (Å²) in [5.41, 5.74) is 0.0379. The summed E-state index contributed by atoms with van der Waals surface area (Å²) in [7, 11) is 10.4. The molecule has 0 spiro atoms. The zero-order valence-electron chi connectivity index (χ0n) is 16.0. The fourth-order valence-electron chi connectivity index (χ4n) is 2.36. The maximum atomic E-state index is 5.77. The predicted molar refractivity (Wildman–Crippen MR) is 101 cm³/mol. The van der Waals surface area contributed by atoms with Crippen molar-refractivity contribution >= 4 is 19.3 Å². The Morgan fingerprint density at radius 2 is 1.23 bits per heavy atom. The SMILES string of the molecule is CN(C)C([Si]CCCCCCCC[Si]OC(C)(C)C)N(C)C. The standard InChI is InChI=1S/C17H38N2OSi2/c1-17(2,3)20-22-15-13-11-9-8-10-12-14-21-16(18(4)5)19(6)7/h16H,8-15H2,1-7H3. The van der Waals surface area contributed by atoms with Gasteiger partial charge in [0.25, 0.3) is 0 Å². The van der Waals surface area contributed by atoms with Crippen LogP contribution in [0, 0.1) is 0 Å². The van der Waals surface area contributed by atoms with Crippen LogP contribution in [0.4, 0.5) is 0 Å². The van der Waals surface area contributed by atoms with Crippen molar-refractivity contribution in [3.63, 3.8) is 0 Å². The fourth-order valence-corrected chi connectivity index (χ4v) is 4.73. The van der Waals surface area contributed by atoms with E-state index in [2.05, 4.69) is 58.8 Å². The molecular weight excluding hydrogens is 304 g/mol. The van der Waals surface area contributed by atoms with E-state index in [0.29, 0.717) is 15.6 Å². The summed E-state index contributed by atoms with van der Waals surface area (Å²) in [6, 6.07) is 2.62. The Hall–Kier alpha value is 0.314. The number of hydrogen-bond acceptors (Lipinski definition) is 3. The predicted octanol–water partition coefficient (Wildman–Crippen LogP) is 3.71. The molecule has 0 saturated carbocycles. The van der Waals surface area contributed by atoms with E-state index in [1.165, 1.54) is 50.6 Å². The van der Waals surface area contributed by atoms with E-state index >= 15 is 0 Å². The summed E-state index contributed by atoms with van der Waals surface area (Å²) >= 11 is 0. The highest BCUT2D eigenvalue weighted by Gasteiger charge is 2.13. The lowest BCUT2D eigenvalue weighted by molar-refractivity contribution is 0.138. The molecule has 0 rings (SSSR count). The van der Waals surface area contributed by atoms with Gasteiger partial charge in [-0.25, -0.2) is 0 Å². The highest BCUT2D eigenvalue weighted by molar-refractivity contribution is 6.37. The highest BCUT2D eigenvalue weighted by atomic mass is 28.2. The Bertz CT molecular complexity index is 248. The number of nitrogens with zero attached hydrogens (tertiary/aromatic N) is 2. The Labute approximate surface area is 144 Å². The molecular formula is C17H38N2OSi2. The van der Waals surface area contributed by atoms with Crippen molar-refractivity contribution < 1.29 is 4.43 Å². The van der Waals surface area contributed by atoms with Crippen LogP contribution in [-0.2, 0) is 4.43 Å². The van der Waals surface area contributed by atoms with Crippen LogP contribution in [0.5, 0.6) is 0 Å². The normalized spacial score (nSPS) is 12.8. The van der Waals surface area contributed by atoms with Gasteiger partial charge in [0.05, 0.1) is 9.52 Å². The van der Waals surface area contributed by atoms with Crippen LogP contribution in [0.3, 0.4) is 0 Å². The Morgan fingerprint density at radius 1 is 0.773 bits per heavy atom. The van der Waals surface area contributed by atoms with Crippen LogP contribution in [-0.4, -0.2) is 68.7 Å². The van der Waals surface area contributed by atoms with Gasteiger partial charge in [0.1, 0.15) is 0 Å². The van der Waals surface area contributed by atoms with Crippen molar-refractivity contribution in [3.8, 4) is 0 Å².